The van der Waals surface area contributed by atoms with Gasteiger partial charge in [0.2, 0.25) is 0 Å². The third-order valence-corrected chi connectivity index (χ3v) is 6.18. The van der Waals surface area contributed by atoms with E-state index in [4.69, 9.17) is 9.15 Å². The molecule has 0 aliphatic heterocycles. The molecule has 6 heteroatoms. The quantitative estimate of drug-likeness (QED) is 0.433. The van der Waals surface area contributed by atoms with Crippen molar-refractivity contribution in [2.45, 2.75) is 45.1 Å². The summed E-state index contributed by atoms with van der Waals surface area (Å²) >= 11 is 0. The molecule has 0 aliphatic carbocycles. The molecule has 152 valence electrons. The zero-order chi connectivity index (χ0) is 21.1. The molecule has 0 unspecified atom stereocenters. The highest BCUT2D eigenvalue weighted by molar-refractivity contribution is 7.85. The van der Waals surface area contributed by atoms with Gasteiger partial charge in [0.05, 0.1) is 21.3 Å². The summed E-state index contributed by atoms with van der Waals surface area (Å²) in [7, 11) is -1.27. The molecule has 0 bridgehead atoms. The maximum absolute atomic E-state index is 12.7. The van der Waals surface area contributed by atoms with Crippen LogP contribution in [-0.2, 0) is 22.1 Å². The van der Waals surface area contributed by atoms with Crippen molar-refractivity contribution in [3.8, 4) is 0 Å². The first-order valence-electron chi connectivity index (χ1n) is 9.53. The standard InChI is InChI=1S/C23H24O5S/c1-5-29(26)21-9-7-6-8-17(21)23(25)27-13-16-11-22(24)28-20-10-15(4)18(14(2)3)12-19(16)20/h6-12,14H,5,13H2,1-4H3/t29-/m1/s1. The van der Waals surface area contributed by atoms with Gasteiger partial charge in [0, 0.05) is 22.8 Å². The second kappa shape index (κ2) is 8.74. The molecular formula is C23H24O5S. The fourth-order valence-corrected chi connectivity index (χ4v) is 4.28. The van der Waals surface area contributed by atoms with Crippen LogP contribution >= 0.6 is 0 Å². The Labute approximate surface area is 172 Å². The number of hydrogen-bond acceptors (Lipinski definition) is 5. The van der Waals surface area contributed by atoms with Crippen LogP contribution in [-0.4, -0.2) is 15.9 Å². The maximum Gasteiger partial charge on any atom is 0.339 e. The van der Waals surface area contributed by atoms with Gasteiger partial charge in [-0.2, -0.15) is 0 Å². The van der Waals surface area contributed by atoms with E-state index in [2.05, 4.69) is 13.8 Å². The molecule has 1 aromatic heterocycles. The minimum absolute atomic E-state index is 0.0748. The van der Waals surface area contributed by atoms with E-state index in [9.17, 15) is 13.8 Å². The van der Waals surface area contributed by atoms with Crippen molar-refractivity contribution in [3.63, 3.8) is 0 Å². The van der Waals surface area contributed by atoms with Gasteiger partial charge in [-0.15, -0.1) is 0 Å². The average molecular weight is 413 g/mol. The zero-order valence-corrected chi connectivity index (χ0v) is 17.8. The van der Waals surface area contributed by atoms with Gasteiger partial charge in [0.15, 0.2) is 0 Å². The number of benzene rings is 2. The summed E-state index contributed by atoms with van der Waals surface area (Å²) in [6.45, 7) is 7.89. The van der Waals surface area contributed by atoms with Crippen LogP contribution in [0.25, 0.3) is 11.0 Å². The fourth-order valence-electron chi connectivity index (χ4n) is 3.34. The molecule has 0 N–H and O–H groups in total. The minimum atomic E-state index is -1.27. The molecule has 0 fully saturated rings. The van der Waals surface area contributed by atoms with E-state index in [0.717, 1.165) is 16.5 Å². The third kappa shape index (κ3) is 4.48. The van der Waals surface area contributed by atoms with Crippen LogP contribution in [0, 0.1) is 6.92 Å². The van der Waals surface area contributed by atoms with E-state index in [1.54, 1.807) is 31.2 Å². The average Bonchev–Trinajstić information content (AvgIpc) is 2.70. The summed E-state index contributed by atoms with van der Waals surface area (Å²) in [5.74, 6) is 0.143. The highest BCUT2D eigenvalue weighted by atomic mass is 32.2. The normalized spacial score (nSPS) is 12.3. The van der Waals surface area contributed by atoms with Gasteiger partial charge >= 0.3 is 11.6 Å². The van der Waals surface area contributed by atoms with Crippen LogP contribution in [0.1, 0.15) is 53.7 Å². The Hall–Kier alpha value is -2.73. The molecule has 3 aromatic rings. The van der Waals surface area contributed by atoms with Gasteiger partial charge in [-0.05, 0) is 48.2 Å². The summed E-state index contributed by atoms with van der Waals surface area (Å²) in [6, 6.07) is 11.9. The number of hydrogen-bond donors (Lipinski definition) is 0. The SMILES string of the molecule is CC[S@@](=O)c1ccccc1C(=O)OCc1cc(=O)oc2cc(C)c(C(C)C)cc12. The highest BCUT2D eigenvalue weighted by Crippen LogP contribution is 2.27. The van der Waals surface area contributed by atoms with E-state index >= 15 is 0 Å². The number of aryl methyl sites for hydroxylation is 1. The summed E-state index contributed by atoms with van der Waals surface area (Å²) in [6.07, 6.45) is 0. The van der Waals surface area contributed by atoms with Crippen LogP contribution in [0.2, 0.25) is 0 Å². The molecule has 1 atom stereocenters. The molecule has 0 saturated heterocycles. The molecule has 2 aromatic carbocycles. The van der Waals surface area contributed by atoms with Crippen LogP contribution in [0.15, 0.2) is 56.6 Å². The molecular weight excluding hydrogens is 388 g/mol. The molecule has 3 rings (SSSR count). The van der Waals surface area contributed by atoms with Crippen molar-refractivity contribution in [2.24, 2.45) is 0 Å². The summed E-state index contributed by atoms with van der Waals surface area (Å²) in [5.41, 5.74) is 3.02. The maximum atomic E-state index is 12.7. The number of carbonyl (C=O) groups is 1. The van der Waals surface area contributed by atoms with Gasteiger partial charge in [-0.1, -0.05) is 32.9 Å². The van der Waals surface area contributed by atoms with Crippen molar-refractivity contribution in [1.82, 2.24) is 0 Å². The van der Waals surface area contributed by atoms with E-state index in [-0.39, 0.29) is 12.2 Å². The first-order chi connectivity index (χ1) is 13.8. The van der Waals surface area contributed by atoms with Crippen molar-refractivity contribution >= 4 is 27.7 Å². The Kier molecular flexibility index (Phi) is 6.33. The summed E-state index contributed by atoms with van der Waals surface area (Å²) in [5, 5.41) is 0.747. The van der Waals surface area contributed by atoms with Gasteiger partial charge < -0.3 is 9.15 Å². The number of esters is 1. The number of rotatable bonds is 6. The lowest BCUT2D eigenvalue weighted by molar-refractivity contribution is 0.0469. The molecule has 0 saturated carbocycles. The van der Waals surface area contributed by atoms with Crippen LogP contribution < -0.4 is 5.63 Å². The third-order valence-electron chi connectivity index (χ3n) is 4.81. The molecule has 0 spiro atoms. The Balaban J connectivity index is 1.95. The van der Waals surface area contributed by atoms with Crippen molar-refractivity contribution < 1.29 is 18.2 Å². The van der Waals surface area contributed by atoms with Crippen LogP contribution in [0.4, 0.5) is 0 Å². The molecule has 1 heterocycles. The molecule has 0 aliphatic rings. The monoisotopic (exact) mass is 412 g/mol. The zero-order valence-electron chi connectivity index (χ0n) is 17.0. The van der Waals surface area contributed by atoms with E-state index in [0.29, 0.717) is 27.7 Å². The second-order valence-electron chi connectivity index (χ2n) is 7.16. The molecule has 5 nitrogen and oxygen atoms in total. The number of fused-ring (bicyclic) bond motifs is 1. The Bertz CT molecular complexity index is 1140. The summed E-state index contributed by atoms with van der Waals surface area (Å²) in [4.78, 5) is 25.1. The Morgan fingerprint density at radius 3 is 2.59 bits per heavy atom. The lowest BCUT2D eigenvalue weighted by Crippen LogP contribution is -2.11. The lowest BCUT2D eigenvalue weighted by atomic mass is 9.95. The fraction of sp³-hybridized carbons (Fsp3) is 0.304. The van der Waals surface area contributed by atoms with Gasteiger partial charge in [-0.25, -0.2) is 9.59 Å². The first-order valence-corrected chi connectivity index (χ1v) is 10.9. The van der Waals surface area contributed by atoms with Gasteiger partial charge in [0.1, 0.15) is 12.2 Å². The van der Waals surface area contributed by atoms with E-state index < -0.39 is 22.4 Å². The molecule has 0 amide bonds. The van der Waals surface area contributed by atoms with E-state index in [1.807, 2.05) is 19.1 Å². The van der Waals surface area contributed by atoms with Gasteiger partial charge in [-0.3, -0.25) is 4.21 Å². The Morgan fingerprint density at radius 1 is 1.17 bits per heavy atom. The smallest absolute Gasteiger partial charge is 0.339 e. The molecule has 0 radical (unpaired) electrons. The molecule has 29 heavy (non-hydrogen) atoms. The second-order valence-corrected chi connectivity index (χ2v) is 8.87. The topological polar surface area (TPSA) is 73.6 Å². The lowest BCUT2D eigenvalue weighted by Gasteiger charge is -2.13. The first kappa shape index (κ1) is 21.0. The van der Waals surface area contributed by atoms with Crippen molar-refractivity contribution in [3.05, 3.63) is 75.1 Å². The highest BCUT2D eigenvalue weighted by Gasteiger charge is 2.17. The van der Waals surface area contributed by atoms with Crippen molar-refractivity contribution in [2.75, 3.05) is 5.75 Å². The van der Waals surface area contributed by atoms with E-state index in [1.165, 1.54) is 6.07 Å². The van der Waals surface area contributed by atoms with Gasteiger partial charge in [0.25, 0.3) is 0 Å². The number of ether oxygens (including phenoxy) is 1. The van der Waals surface area contributed by atoms with Crippen LogP contribution in [0.5, 0.6) is 0 Å². The largest absolute Gasteiger partial charge is 0.457 e. The van der Waals surface area contributed by atoms with Crippen LogP contribution in [0.3, 0.4) is 0 Å². The van der Waals surface area contributed by atoms with Crippen molar-refractivity contribution in [1.29, 1.82) is 0 Å². The Morgan fingerprint density at radius 2 is 1.90 bits per heavy atom. The summed E-state index contributed by atoms with van der Waals surface area (Å²) < 4.78 is 23.0. The minimum Gasteiger partial charge on any atom is -0.457 e. The number of carbonyl (C=O) groups excluding carboxylic acids is 1. The predicted molar refractivity (Wildman–Crippen MR) is 114 cm³/mol. The predicted octanol–water partition coefficient (Wildman–Crippen LogP) is 4.71.